The fourth-order valence-corrected chi connectivity index (χ4v) is 12.5. The number of hydrogen-bond donors (Lipinski definition) is 6. The molecule has 1 aliphatic carbocycles. The van der Waals surface area contributed by atoms with Gasteiger partial charge < -0.3 is 50.8 Å². The molecule has 4 heterocycles. The predicted octanol–water partition coefficient (Wildman–Crippen LogP) is 7.20. The summed E-state index contributed by atoms with van der Waals surface area (Å²) in [5, 5.41) is 21.9. The number of benzene rings is 4. The number of rotatable bonds is 28. The van der Waals surface area contributed by atoms with Crippen molar-refractivity contribution in [1.82, 2.24) is 20.4 Å². The third-order valence-corrected chi connectivity index (χ3v) is 17.4. The molecule has 4 aromatic carbocycles. The molecule has 7 N–H and O–H groups in total. The number of methoxy groups -OCH3 is 1. The van der Waals surface area contributed by atoms with Crippen molar-refractivity contribution in [2.45, 2.75) is 127 Å². The zero-order valence-electron chi connectivity index (χ0n) is 48.0. The number of alkyl halides is 1. The van der Waals surface area contributed by atoms with E-state index in [9.17, 15) is 52.9 Å². The third kappa shape index (κ3) is 13.9. The topological polar surface area (TPSA) is 306 Å². The molecule has 8 amide bonds. The molecule has 86 heavy (non-hydrogen) atoms. The summed E-state index contributed by atoms with van der Waals surface area (Å²) in [6.45, 7) is 1.59. The van der Waals surface area contributed by atoms with Crippen LogP contribution in [0.3, 0.4) is 0 Å². The molecule has 5 unspecified atom stereocenters. The van der Waals surface area contributed by atoms with Crippen molar-refractivity contribution in [2.24, 2.45) is 11.1 Å². The van der Waals surface area contributed by atoms with Crippen LogP contribution in [-0.4, -0.2) is 138 Å². The number of aliphatic hydroxyl groups excluding tert-OH is 1. The van der Waals surface area contributed by atoms with E-state index in [4.69, 9.17) is 36.1 Å². The molecule has 5 aliphatic rings. The Balaban J connectivity index is 0.791. The van der Waals surface area contributed by atoms with Gasteiger partial charge in [0, 0.05) is 84.3 Å². The third-order valence-electron chi connectivity index (χ3n) is 16.7. The summed E-state index contributed by atoms with van der Waals surface area (Å²) in [4.78, 5) is 122. The number of aliphatic hydroxyl groups is 1. The summed E-state index contributed by atoms with van der Waals surface area (Å²) in [7, 11) is -1.53. The lowest BCUT2D eigenvalue weighted by Crippen LogP contribution is -2.58. The monoisotopic (exact) mass is 1220 g/mol. The fourth-order valence-electron chi connectivity index (χ4n) is 11.9. The minimum atomic E-state index is -2.96. The first-order valence-electron chi connectivity index (χ1n) is 29.4. The summed E-state index contributed by atoms with van der Waals surface area (Å²) >= 11 is 6.42. The second kappa shape index (κ2) is 28.7. The molecule has 9 rings (SSSR count). The Kier molecular flexibility index (Phi) is 20.9. The summed E-state index contributed by atoms with van der Waals surface area (Å²) in [5.41, 5.74) is 6.98. The van der Waals surface area contributed by atoms with Crippen LogP contribution in [0, 0.1) is 5.41 Å². The van der Waals surface area contributed by atoms with Crippen LogP contribution in [0.2, 0.25) is 0 Å². The molecule has 1 saturated carbocycles. The van der Waals surface area contributed by atoms with Gasteiger partial charge in [-0.2, -0.15) is 0 Å². The Hall–Kier alpha value is -7.69. The minimum Gasteiger partial charge on any atom is -0.493 e. The number of anilines is 3. The number of ether oxygens (including phenoxy) is 3. The van der Waals surface area contributed by atoms with Gasteiger partial charge in [0.2, 0.25) is 23.6 Å². The zero-order valence-corrected chi connectivity index (χ0v) is 49.6. The van der Waals surface area contributed by atoms with E-state index in [0.29, 0.717) is 132 Å². The highest BCUT2D eigenvalue weighted by molar-refractivity contribution is 7.32. The van der Waals surface area contributed by atoms with E-state index in [1.54, 1.807) is 52.3 Å². The lowest BCUT2D eigenvalue weighted by atomic mass is 9.67. The summed E-state index contributed by atoms with van der Waals surface area (Å²) in [6.07, 6.45) is 7.41. The van der Waals surface area contributed by atoms with Crippen LogP contribution in [0.15, 0.2) is 78.9 Å². The number of fused-ring (bicyclic) bond motifs is 5. The molecule has 4 aliphatic heterocycles. The van der Waals surface area contributed by atoms with Crippen LogP contribution in [0.4, 0.5) is 21.9 Å². The van der Waals surface area contributed by atoms with Gasteiger partial charge in [0.15, 0.2) is 23.5 Å². The Morgan fingerprint density at radius 1 is 0.849 bits per heavy atom. The first kappa shape index (κ1) is 62.8. The van der Waals surface area contributed by atoms with Gasteiger partial charge in [-0.3, -0.25) is 38.5 Å². The van der Waals surface area contributed by atoms with Crippen molar-refractivity contribution in [3.8, 4) is 17.2 Å². The lowest BCUT2D eigenvalue weighted by molar-refractivity contribution is -0.151. The van der Waals surface area contributed by atoms with Gasteiger partial charge in [-0.1, -0.05) is 42.8 Å². The van der Waals surface area contributed by atoms with Crippen LogP contribution < -0.4 is 45.5 Å². The highest BCUT2D eigenvalue weighted by Crippen LogP contribution is 2.48. The highest BCUT2D eigenvalue weighted by Gasteiger charge is 2.51. The van der Waals surface area contributed by atoms with Crippen LogP contribution in [0.5, 0.6) is 17.2 Å². The molecule has 0 spiro atoms. The number of nitrogens with zero attached hydrogens (tertiary/aromatic N) is 4. The number of carbonyl (C=O) groups is 8. The Bertz CT molecular complexity index is 3250. The van der Waals surface area contributed by atoms with Crippen molar-refractivity contribution >= 4 is 95.1 Å². The van der Waals surface area contributed by atoms with Crippen molar-refractivity contribution in [2.75, 3.05) is 67.4 Å². The molecule has 0 bridgehead atoms. The van der Waals surface area contributed by atoms with Crippen molar-refractivity contribution in [1.29, 1.82) is 0 Å². The van der Waals surface area contributed by atoms with Crippen molar-refractivity contribution in [3.05, 3.63) is 95.6 Å². The Morgan fingerprint density at radius 2 is 1.58 bits per heavy atom. The van der Waals surface area contributed by atoms with E-state index in [2.05, 4.69) is 16.0 Å². The Morgan fingerprint density at radius 3 is 2.28 bits per heavy atom. The van der Waals surface area contributed by atoms with Crippen LogP contribution in [0.1, 0.15) is 124 Å². The fraction of sp³-hybridized carbons (Fsp3) is 0.475. The first-order valence-corrected chi connectivity index (χ1v) is 31.0. The summed E-state index contributed by atoms with van der Waals surface area (Å²) in [5.74, 6) is -1.95. The van der Waals surface area contributed by atoms with E-state index in [1.807, 2.05) is 12.1 Å². The molecule has 1 saturated heterocycles. The maximum atomic E-state index is 14.3. The summed E-state index contributed by atoms with van der Waals surface area (Å²) < 4.78 is 34.8. The number of nitrogens with one attached hydrogen (secondary N) is 3. The van der Waals surface area contributed by atoms with Gasteiger partial charge in [-0.25, -0.2) is 14.2 Å². The number of carbonyl (C=O) groups excluding carboxylic acids is 8. The number of amides is 8. The average Bonchev–Trinajstić information content (AvgIpc) is 1.62. The molecule has 25 heteroatoms. The standard InChI is InChI=1S/C61H72ClN8O15P/c1-82-49-32-43-46(33-50(49)83-31-11-2-4-18-51(71)69-36-39(35-62)54-42-15-6-5-14-41(42)48(34-47(54)69)85-86(80)81)70(57(76)45-17-12-30-67(45)56(43)75)60(79)84-37-38-19-21-40(22-20-38)65-55(74)44(16-7-8-27-63)66-59(78)61(25-13-26-61)58(77)64-28-9-3-10-29-68-52(72)23-24-53(68)73/h5-6,14-15,19-24,32-34,39,44-45,57,76H,2-4,7-13,16-18,25-31,35-37,63H2,1H3,(H3-,64,65,66,74,77,78,80,81)/p+1. The van der Waals surface area contributed by atoms with Crippen LogP contribution >= 0.6 is 19.9 Å². The molecule has 2 fully saturated rings. The number of imide groups is 1. The maximum absolute atomic E-state index is 14.3. The van der Waals surface area contributed by atoms with E-state index < -0.39 is 61.7 Å². The molecule has 0 aromatic heterocycles. The molecule has 5 atom stereocenters. The van der Waals surface area contributed by atoms with Gasteiger partial charge in [-0.05, 0) is 125 Å². The van der Waals surface area contributed by atoms with E-state index in [1.165, 1.54) is 36.3 Å². The van der Waals surface area contributed by atoms with Crippen LogP contribution in [-0.2, 0) is 44.7 Å². The Labute approximate surface area is 503 Å². The first-order chi connectivity index (χ1) is 41.6. The molecular formula is C61H73ClN8O15P+. The van der Waals surface area contributed by atoms with E-state index in [-0.39, 0.29) is 90.6 Å². The largest absolute Gasteiger partial charge is 0.747 e. The maximum Gasteiger partial charge on any atom is 0.747 e. The summed E-state index contributed by atoms with van der Waals surface area (Å²) in [6, 6.07) is 16.7. The quantitative estimate of drug-likeness (QED) is 0.0108. The molecule has 23 nitrogen and oxygen atoms in total. The molecule has 4 aromatic rings. The van der Waals surface area contributed by atoms with Gasteiger partial charge in [-0.15, -0.1) is 16.5 Å². The van der Waals surface area contributed by atoms with Crippen LogP contribution in [0.25, 0.3) is 10.8 Å². The zero-order chi connectivity index (χ0) is 61.1. The van der Waals surface area contributed by atoms with Crippen molar-refractivity contribution < 1.29 is 71.7 Å². The van der Waals surface area contributed by atoms with Gasteiger partial charge in [0.25, 0.3) is 17.7 Å². The normalized spacial score (nSPS) is 18.8. The van der Waals surface area contributed by atoms with Gasteiger partial charge in [0.05, 0.1) is 36.7 Å². The number of unbranched alkanes of at least 4 members (excludes halogenated alkanes) is 5. The second-order valence-corrected chi connectivity index (χ2v) is 23.1. The molecule has 0 radical (unpaired) electrons. The predicted molar refractivity (Wildman–Crippen MR) is 319 cm³/mol. The number of hydrogen-bond acceptors (Lipinski definition) is 15. The molecule has 458 valence electrons. The number of nitrogens with two attached hydrogens (primary N) is 1. The number of halogens is 1. The molecular weight excluding hydrogens is 1150 g/mol. The second-order valence-electron chi connectivity index (χ2n) is 22.2. The van der Waals surface area contributed by atoms with Crippen molar-refractivity contribution in [3.63, 3.8) is 0 Å². The highest BCUT2D eigenvalue weighted by atomic mass is 35.5. The smallest absolute Gasteiger partial charge is 0.493 e. The lowest BCUT2D eigenvalue weighted by Gasteiger charge is -2.39. The minimum absolute atomic E-state index is 0.0597. The SMILES string of the molecule is COc1cc2c(cc1OCCCCCC(=O)N1CC(CCl)c3c1cc(O[P+](=O)O)c1ccccc31)N(C(=O)OCc1ccc(NC(=O)C(CCCCN)NC(=O)C3(C(=O)NCCCCCN4C(=O)C=CC4=O)CCC3)cc1)C(O)C1CCCN1C2=O. The average molecular weight is 1220 g/mol. The van der Waals surface area contributed by atoms with Gasteiger partial charge >= 0.3 is 14.3 Å². The van der Waals surface area contributed by atoms with Gasteiger partial charge in [0.1, 0.15) is 18.1 Å². The van der Waals surface area contributed by atoms with E-state index in [0.717, 1.165) is 15.8 Å². The van der Waals surface area contributed by atoms with E-state index >= 15 is 0 Å².